The highest BCUT2D eigenvalue weighted by Crippen LogP contribution is 2.10. The topological polar surface area (TPSA) is 112 Å². The minimum absolute atomic E-state index is 0.208. The summed E-state index contributed by atoms with van der Waals surface area (Å²) in [4.78, 5) is 31.1. The van der Waals surface area contributed by atoms with Crippen molar-refractivity contribution >= 4 is 17.7 Å². The number of hydrogen-bond acceptors (Lipinski definition) is 4. The number of aliphatic hydroxyl groups excluding tert-OH is 1. The summed E-state index contributed by atoms with van der Waals surface area (Å²) < 4.78 is 0. The van der Waals surface area contributed by atoms with E-state index in [1.165, 1.54) is 12.1 Å². The molecule has 0 saturated heterocycles. The zero-order valence-electron chi connectivity index (χ0n) is 11.4. The molecule has 0 saturated carbocycles. The van der Waals surface area contributed by atoms with Gasteiger partial charge in [-0.3, -0.25) is 4.79 Å². The van der Waals surface area contributed by atoms with Crippen molar-refractivity contribution in [3.63, 3.8) is 0 Å². The van der Waals surface area contributed by atoms with Crippen molar-refractivity contribution in [1.82, 2.24) is 0 Å². The van der Waals surface area contributed by atoms with Gasteiger partial charge >= 0.3 is 11.9 Å². The Morgan fingerprint density at radius 2 is 1.23 bits per heavy atom. The summed E-state index contributed by atoms with van der Waals surface area (Å²) in [6.45, 7) is 0. The Kier molecular flexibility index (Phi) is 6.46. The number of ketones is 1. The van der Waals surface area contributed by atoms with Crippen molar-refractivity contribution in [3.8, 4) is 0 Å². The summed E-state index contributed by atoms with van der Waals surface area (Å²) in [5.74, 6) is -3.52. The van der Waals surface area contributed by atoms with E-state index in [1.54, 1.807) is 48.5 Å². The van der Waals surface area contributed by atoms with Crippen LogP contribution in [0.3, 0.4) is 0 Å². The lowest BCUT2D eigenvalue weighted by molar-refractivity contribution is -0.147. The molecule has 0 amide bonds. The van der Waals surface area contributed by atoms with Gasteiger partial charge in [-0.05, 0) is 5.56 Å². The van der Waals surface area contributed by atoms with Crippen molar-refractivity contribution in [1.29, 1.82) is 0 Å². The molecule has 0 aliphatic carbocycles. The van der Waals surface area contributed by atoms with Gasteiger partial charge in [-0.25, -0.2) is 9.59 Å². The average Bonchev–Trinajstić information content (AvgIpc) is 2.55. The van der Waals surface area contributed by atoms with Gasteiger partial charge < -0.3 is 15.3 Å². The van der Waals surface area contributed by atoms with Gasteiger partial charge in [0.2, 0.25) is 0 Å². The monoisotopic (exact) mass is 302 g/mol. The fourth-order valence-corrected chi connectivity index (χ4v) is 1.49. The first-order valence-corrected chi connectivity index (χ1v) is 6.22. The maximum atomic E-state index is 10.7. The van der Waals surface area contributed by atoms with Crippen LogP contribution < -0.4 is 0 Å². The first-order chi connectivity index (χ1) is 10.4. The maximum absolute atomic E-state index is 10.7. The second-order valence-corrected chi connectivity index (χ2v) is 4.15. The van der Waals surface area contributed by atoms with E-state index >= 15 is 0 Å². The molecule has 2 rings (SSSR count). The van der Waals surface area contributed by atoms with Crippen LogP contribution in [0.15, 0.2) is 60.7 Å². The van der Waals surface area contributed by atoms with Crippen LogP contribution in [0.5, 0.6) is 0 Å². The molecule has 0 aliphatic rings. The number of aliphatic carboxylic acids is 2. The lowest BCUT2D eigenvalue weighted by Crippen LogP contribution is -2.12. The highest BCUT2D eigenvalue weighted by atomic mass is 16.4. The summed E-state index contributed by atoms with van der Waals surface area (Å²) in [5.41, 5.74) is 0.611. The third-order valence-corrected chi connectivity index (χ3v) is 2.58. The SMILES string of the molecule is O=C(O)C(=O)c1ccccc1.O=C(O)[C@H](O)c1ccccc1. The Morgan fingerprint density at radius 1 is 0.773 bits per heavy atom. The smallest absolute Gasteiger partial charge is 0.377 e. The van der Waals surface area contributed by atoms with Gasteiger partial charge in [0, 0.05) is 5.56 Å². The van der Waals surface area contributed by atoms with E-state index in [-0.39, 0.29) is 5.56 Å². The predicted molar refractivity (Wildman–Crippen MR) is 77.4 cm³/mol. The largest absolute Gasteiger partial charge is 0.479 e. The van der Waals surface area contributed by atoms with Crippen molar-refractivity contribution in [2.45, 2.75) is 6.10 Å². The molecule has 6 heteroatoms. The summed E-state index contributed by atoms with van der Waals surface area (Å²) >= 11 is 0. The molecular formula is C16H14O6. The number of carbonyl (C=O) groups excluding carboxylic acids is 1. The number of carbonyl (C=O) groups is 3. The number of carboxylic acids is 2. The molecular weight excluding hydrogens is 288 g/mol. The summed E-state index contributed by atoms with van der Waals surface area (Å²) in [6.07, 6.45) is -1.41. The summed E-state index contributed by atoms with van der Waals surface area (Å²) in [7, 11) is 0. The lowest BCUT2D eigenvalue weighted by Gasteiger charge is -2.03. The molecule has 0 bridgehead atoms. The van der Waals surface area contributed by atoms with Crippen LogP contribution in [0.25, 0.3) is 0 Å². The van der Waals surface area contributed by atoms with Gasteiger partial charge in [-0.15, -0.1) is 0 Å². The third kappa shape index (κ3) is 5.18. The molecule has 2 aromatic carbocycles. The molecule has 2 aromatic rings. The molecule has 0 spiro atoms. The quantitative estimate of drug-likeness (QED) is 0.586. The van der Waals surface area contributed by atoms with Crippen LogP contribution in [-0.4, -0.2) is 33.0 Å². The van der Waals surface area contributed by atoms with E-state index in [2.05, 4.69) is 0 Å². The van der Waals surface area contributed by atoms with Crippen LogP contribution in [0.4, 0.5) is 0 Å². The fraction of sp³-hybridized carbons (Fsp3) is 0.0625. The van der Waals surface area contributed by atoms with Crippen molar-refractivity contribution < 1.29 is 29.7 Å². The second-order valence-electron chi connectivity index (χ2n) is 4.15. The standard InChI is InChI=1S/C8H8O3.C8H6O3/c2*9-7(8(10)11)6-4-2-1-3-5-6/h1-5,7,9H,(H,10,11);1-5H,(H,10,11)/t7-;/m1./s1. The Balaban J connectivity index is 0.000000220. The average molecular weight is 302 g/mol. The zero-order valence-corrected chi connectivity index (χ0v) is 11.4. The van der Waals surface area contributed by atoms with Gasteiger partial charge in [0.25, 0.3) is 5.78 Å². The van der Waals surface area contributed by atoms with Crippen LogP contribution in [0, 0.1) is 0 Å². The van der Waals surface area contributed by atoms with Gasteiger partial charge in [0.1, 0.15) is 0 Å². The fourth-order valence-electron chi connectivity index (χ4n) is 1.49. The van der Waals surface area contributed by atoms with E-state index < -0.39 is 23.8 Å². The van der Waals surface area contributed by atoms with Crippen LogP contribution in [0.2, 0.25) is 0 Å². The molecule has 0 radical (unpaired) electrons. The van der Waals surface area contributed by atoms with E-state index in [1.807, 2.05) is 0 Å². The second kappa shape index (κ2) is 8.33. The Bertz CT molecular complexity index is 636. The molecule has 0 fully saturated rings. The minimum atomic E-state index is -1.42. The van der Waals surface area contributed by atoms with Gasteiger partial charge in [-0.2, -0.15) is 0 Å². The summed E-state index contributed by atoms with van der Waals surface area (Å²) in [5, 5.41) is 25.7. The molecule has 6 nitrogen and oxygen atoms in total. The Labute approximate surface area is 126 Å². The lowest BCUT2D eigenvalue weighted by atomic mass is 10.1. The van der Waals surface area contributed by atoms with Crippen molar-refractivity contribution in [2.75, 3.05) is 0 Å². The molecule has 0 aliphatic heterocycles. The molecule has 0 heterocycles. The maximum Gasteiger partial charge on any atom is 0.377 e. The van der Waals surface area contributed by atoms with Gasteiger partial charge in [0.05, 0.1) is 0 Å². The first kappa shape index (κ1) is 17.1. The normalized spacial score (nSPS) is 10.8. The molecule has 0 unspecified atom stereocenters. The first-order valence-electron chi connectivity index (χ1n) is 6.22. The van der Waals surface area contributed by atoms with Gasteiger partial charge in [0.15, 0.2) is 6.10 Å². The number of rotatable bonds is 4. The number of carboxylic acid groups (broad SMARTS) is 2. The van der Waals surface area contributed by atoms with Gasteiger partial charge in [-0.1, -0.05) is 60.7 Å². The van der Waals surface area contributed by atoms with Crippen LogP contribution in [0.1, 0.15) is 22.0 Å². The predicted octanol–water partition coefficient (Wildman–Crippen LogP) is 1.76. The highest BCUT2D eigenvalue weighted by molar-refractivity contribution is 6.39. The highest BCUT2D eigenvalue weighted by Gasteiger charge is 2.14. The molecule has 1 atom stereocenters. The summed E-state index contributed by atoms with van der Waals surface area (Å²) in [6, 6.07) is 16.2. The van der Waals surface area contributed by atoms with E-state index in [9.17, 15) is 14.4 Å². The van der Waals surface area contributed by atoms with E-state index in [0.717, 1.165) is 0 Å². The third-order valence-electron chi connectivity index (χ3n) is 2.58. The van der Waals surface area contributed by atoms with Crippen LogP contribution >= 0.6 is 0 Å². The van der Waals surface area contributed by atoms with Crippen LogP contribution in [-0.2, 0) is 9.59 Å². The molecule has 0 aromatic heterocycles. The van der Waals surface area contributed by atoms with E-state index in [4.69, 9.17) is 15.3 Å². The number of Topliss-reactive ketones (excluding diaryl/α,β-unsaturated/α-hetero) is 1. The number of aliphatic hydroxyl groups is 1. The Hall–Kier alpha value is -2.99. The molecule has 114 valence electrons. The number of benzene rings is 2. The molecule has 22 heavy (non-hydrogen) atoms. The number of hydrogen-bond donors (Lipinski definition) is 3. The van der Waals surface area contributed by atoms with Crippen molar-refractivity contribution in [3.05, 3.63) is 71.8 Å². The minimum Gasteiger partial charge on any atom is -0.479 e. The molecule has 3 N–H and O–H groups in total. The Morgan fingerprint density at radius 3 is 1.64 bits per heavy atom. The van der Waals surface area contributed by atoms with Crippen molar-refractivity contribution in [2.24, 2.45) is 0 Å². The van der Waals surface area contributed by atoms with E-state index in [0.29, 0.717) is 5.56 Å². The zero-order chi connectivity index (χ0) is 16.5.